The number of aromatic nitrogens is 1. The summed E-state index contributed by atoms with van der Waals surface area (Å²) >= 11 is 0. The molecule has 0 bridgehead atoms. The summed E-state index contributed by atoms with van der Waals surface area (Å²) in [4.78, 5) is 0. The number of hydrogen-bond acceptors (Lipinski definition) is 1. The number of rotatable bonds is 6. The van der Waals surface area contributed by atoms with Crippen LogP contribution in [0.4, 0.5) is 0 Å². The summed E-state index contributed by atoms with van der Waals surface area (Å²) in [5.41, 5.74) is 2.91. The van der Waals surface area contributed by atoms with Gasteiger partial charge in [0, 0.05) is 31.0 Å². The average molecular weight is 284 g/mol. The number of hydrogen-bond donors (Lipinski definition) is 1. The standard InChI is InChI=1S/C19H28N2/c1-5-13-21-14-9-12-17(21)15-20-18(19(2,3)4)16-10-7-6-8-11-16/h6-12,14,18,20H,5,13,15H2,1-4H3. The first-order chi connectivity index (χ1) is 10.0. The first kappa shape index (κ1) is 15.8. The van der Waals surface area contributed by atoms with Crippen molar-refractivity contribution in [3.05, 3.63) is 59.9 Å². The lowest BCUT2D eigenvalue weighted by Crippen LogP contribution is -2.32. The van der Waals surface area contributed by atoms with Gasteiger partial charge in [-0.3, -0.25) is 0 Å². The van der Waals surface area contributed by atoms with Crippen molar-refractivity contribution in [1.29, 1.82) is 0 Å². The van der Waals surface area contributed by atoms with E-state index in [4.69, 9.17) is 0 Å². The van der Waals surface area contributed by atoms with Crippen molar-refractivity contribution in [3.8, 4) is 0 Å². The fraction of sp³-hybridized carbons (Fsp3) is 0.474. The summed E-state index contributed by atoms with van der Waals surface area (Å²) in [6.45, 7) is 11.1. The molecule has 1 N–H and O–H groups in total. The molecule has 114 valence electrons. The monoisotopic (exact) mass is 284 g/mol. The van der Waals surface area contributed by atoms with Crippen LogP contribution in [0.15, 0.2) is 48.7 Å². The molecule has 0 saturated carbocycles. The Kier molecular flexibility index (Phi) is 5.24. The van der Waals surface area contributed by atoms with Crippen LogP contribution in [0.1, 0.15) is 51.4 Å². The Hall–Kier alpha value is -1.54. The topological polar surface area (TPSA) is 17.0 Å². The van der Waals surface area contributed by atoms with Gasteiger partial charge in [0.15, 0.2) is 0 Å². The van der Waals surface area contributed by atoms with Crippen LogP contribution in [-0.4, -0.2) is 4.57 Å². The molecule has 1 aromatic carbocycles. The van der Waals surface area contributed by atoms with Crippen LogP contribution in [0.2, 0.25) is 0 Å². The zero-order valence-electron chi connectivity index (χ0n) is 13.8. The highest BCUT2D eigenvalue weighted by atomic mass is 15.0. The van der Waals surface area contributed by atoms with E-state index in [-0.39, 0.29) is 5.41 Å². The summed E-state index contributed by atoms with van der Waals surface area (Å²) in [7, 11) is 0. The molecule has 2 rings (SSSR count). The zero-order chi connectivity index (χ0) is 15.3. The van der Waals surface area contributed by atoms with Crippen molar-refractivity contribution in [2.75, 3.05) is 0 Å². The van der Waals surface area contributed by atoms with Gasteiger partial charge in [-0.2, -0.15) is 0 Å². The average Bonchev–Trinajstić information content (AvgIpc) is 2.87. The van der Waals surface area contributed by atoms with Crippen molar-refractivity contribution in [3.63, 3.8) is 0 Å². The number of nitrogens with one attached hydrogen (secondary N) is 1. The van der Waals surface area contributed by atoms with E-state index in [1.54, 1.807) is 0 Å². The van der Waals surface area contributed by atoms with Crippen LogP contribution in [0, 0.1) is 5.41 Å². The van der Waals surface area contributed by atoms with E-state index in [2.05, 4.69) is 86.2 Å². The number of benzene rings is 1. The Morgan fingerprint density at radius 2 is 1.76 bits per heavy atom. The van der Waals surface area contributed by atoms with Gasteiger partial charge in [0.2, 0.25) is 0 Å². The molecule has 2 heteroatoms. The third-order valence-corrected chi connectivity index (χ3v) is 3.87. The molecule has 0 aliphatic heterocycles. The van der Waals surface area contributed by atoms with Crippen molar-refractivity contribution in [1.82, 2.24) is 9.88 Å². The predicted molar refractivity (Wildman–Crippen MR) is 90.2 cm³/mol. The lowest BCUT2D eigenvalue weighted by Gasteiger charge is -2.32. The van der Waals surface area contributed by atoms with Gasteiger partial charge in [-0.05, 0) is 29.5 Å². The second kappa shape index (κ2) is 6.95. The van der Waals surface area contributed by atoms with E-state index in [1.807, 2.05) is 0 Å². The molecule has 0 radical (unpaired) electrons. The van der Waals surface area contributed by atoms with Gasteiger partial charge in [-0.1, -0.05) is 58.0 Å². The smallest absolute Gasteiger partial charge is 0.0372 e. The van der Waals surface area contributed by atoms with Crippen molar-refractivity contribution < 1.29 is 0 Å². The third kappa shape index (κ3) is 4.21. The molecule has 0 fully saturated rings. The third-order valence-electron chi connectivity index (χ3n) is 3.87. The molecule has 2 nitrogen and oxygen atoms in total. The van der Waals surface area contributed by atoms with Crippen LogP contribution < -0.4 is 5.32 Å². The largest absolute Gasteiger partial charge is 0.350 e. The summed E-state index contributed by atoms with van der Waals surface area (Å²) in [6.07, 6.45) is 3.35. The van der Waals surface area contributed by atoms with Crippen LogP contribution in [-0.2, 0) is 13.1 Å². The molecule has 1 aromatic heterocycles. The highest BCUT2D eigenvalue weighted by molar-refractivity contribution is 5.21. The van der Waals surface area contributed by atoms with Crippen molar-refractivity contribution in [2.45, 2.75) is 53.2 Å². The first-order valence-corrected chi connectivity index (χ1v) is 7.94. The van der Waals surface area contributed by atoms with Gasteiger partial charge < -0.3 is 9.88 Å². The molecule has 1 unspecified atom stereocenters. The van der Waals surface area contributed by atoms with Crippen LogP contribution in [0.5, 0.6) is 0 Å². The molecule has 1 atom stereocenters. The molecule has 21 heavy (non-hydrogen) atoms. The van der Waals surface area contributed by atoms with Crippen LogP contribution >= 0.6 is 0 Å². The zero-order valence-corrected chi connectivity index (χ0v) is 13.8. The minimum atomic E-state index is 0.184. The van der Waals surface area contributed by atoms with E-state index >= 15 is 0 Å². The molecule has 0 aliphatic rings. The van der Waals surface area contributed by atoms with Gasteiger partial charge in [-0.25, -0.2) is 0 Å². The fourth-order valence-corrected chi connectivity index (χ4v) is 2.85. The minimum absolute atomic E-state index is 0.184. The molecule has 1 heterocycles. The quantitative estimate of drug-likeness (QED) is 0.808. The lowest BCUT2D eigenvalue weighted by atomic mass is 9.82. The van der Waals surface area contributed by atoms with Crippen LogP contribution in [0.25, 0.3) is 0 Å². The molecular weight excluding hydrogens is 256 g/mol. The Morgan fingerprint density at radius 1 is 1.05 bits per heavy atom. The van der Waals surface area contributed by atoms with Gasteiger partial charge in [0.25, 0.3) is 0 Å². The molecule has 2 aromatic rings. The molecular formula is C19H28N2. The van der Waals surface area contributed by atoms with E-state index in [0.29, 0.717) is 6.04 Å². The Balaban J connectivity index is 2.12. The minimum Gasteiger partial charge on any atom is -0.350 e. The second-order valence-corrected chi connectivity index (χ2v) is 6.78. The Labute approximate surface area is 129 Å². The fourth-order valence-electron chi connectivity index (χ4n) is 2.85. The maximum atomic E-state index is 3.76. The molecule has 0 saturated heterocycles. The van der Waals surface area contributed by atoms with Crippen molar-refractivity contribution in [2.24, 2.45) is 5.41 Å². The summed E-state index contributed by atoms with van der Waals surface area (Å²) in [6, 6.07) is 15.5. The predicted octanol–water partition coefficient (Wildman–Crippen LogP) is 4.78. The lowest BCUT2D eigenvalue weighted by molar-refractivity contribution is 0.269. The van der Waals surface area contributed by atoms with Crippen molar-refractivity contribution >= 4 is 0 Å². The highest BCUT2D eigenvalue weighted by Gasteiger charge is 2.25. The van der Waals surface area contributed by atoms with Gasteiger partial charge in [0.05, 0.1) is 0 Å². The SMILES string of the molecule is CCCn1cccc1CNC(c1ccccc1)C(C)(C)C. The van der Waals surface area contributed by atoms with E-state index in [1.165, 1.54) is 17.7 Å². The number of aryl methyl sites for hydroxylation is 1. The van der Waals surface area contributed by atoms with Gasteiger partial charge in [0.1, 0.15) is 0 Å². The molecule has 0 spiro atoms. The maximum absolute atomic E-state index is 3.76. The van der Waals surface area contributed by atoms with E-state index in [0.717, 1.165) is 13.1 Å². The first-order valence-electron chi connectivity index (χ1n) is 7.94. The van der Waals surface area contributed by atoms with Gasteiger partial charge in [-0.15, -0.1) is 0 Å². The summed E-state index contributed by atoms with van der Waals surface area (Å²) in [5, 5.41) is 3.76. The maximum Gasteiger partial charge on any atom is 0.0372 e. The Bertz CT molecular complexity index is 534. The summed E-state index contributed by atoms with van der Waals surface area (Å²) < 4.78 is 2.34. The molecule has 0 aliphatic carbocycles. The summed E-state index contributed by atoms with van der Waals surface area (Å²) in [5.74, 6) is 0. The molecule has 0 amide bonds. The Morgan fingerprint density at radius 3 is 2.38 bits per heavy atom. The van der Waals surface area contributed by atoms with Gasteiger partial charge >= 0.3 is 0 Å². The van der Waals surface area contributed by atoms with E-state index in [9.17, 15) is 0 Å². The normalized spacial score (nSPS) is 13.3. The van der Waals surface area contributed by atoms with Crippen LogP contribution in [0.3, 0.4) is 0 Å². The highest BCUT2D eigenvalue weighted by Crippen LogP contribution is 2.32. The van der Waals surface area contributed by atoms with E-state index < -0.39 is 0 Å². The second-order valence-electron chi connectivity index (χ2n) is 6.78. The number of nitrogens with zero attached hydrogens (tertiary/aromatic N) is 1.